The average molecular weight is 284 g/mol. The molecule has 0 unspecified atom stereocenters. The van der Waals surface area contributed by atoms with Gasteiger partial charge in [0.05, 0.1) is 10.2 Å². The molecule has 1 aromatic carbocycles. The van der Waals surface area contributed by atoms with E-state index in [9.17, 15) is 0 Å². The second-order valence-corrected chi connectivity index (χ2v) is 3.86. The van der Waals surface area contributed by atoms with E-state index >= 15 is 0 Å². The Bertz CT molecular complexity index is 459. The SMILES string of the molecule is COCOc1cc(-n2cncn2)ccc1Br. The lowest BCUT2D eigenvalue weighted by molar-refractivity contribution is 0.0506. The van der Waals surface area contributed by atoms with Gasteiger partial charge in [0, 0.05) is 13.2 Å². The maximum Gasteiger partial charge on any atom is 0.188 e. The van der Waals surface area contributed by atoms with Crippen LogP contribution in [0.25, 0.3) is 5.69 Å². The molecular weight excluding hydrogens is 274 g/mol. The average Bonchev–Trinajstić information content (AvgIpc) is 2.81. The molecule has 1 aromatic heterocycles. The third-order valence-electron chi connectivity index (χ3n) is 1.93. The van der Waals surface area contributed by atoms with Gasteiger partial charge in [-0.1, -0.05) is 0 Å². The van der Waals surface area contributed by atoms with Crippen LogP contribution < -0.4 is 4.74 Å². The summed E-state index contributed by atoms with van der Waals surface area (Å²) in [6.45, 7) is 0.208. The Balaban J connectivity index is 2.28. The summed E-state index contributed by atoms with van der Waals surface area (Å²) in [4.78, 5) is 3.89. The molecule has 0 aliphatic heterocycles. The topological polar surface area (TPSA) is 49.2 Å². The normalized spacial score (nSPS) is 10.4. The van der Waals surface area contributed by atoms with Gasteiger partial charge >= 0.3 is 0 Å². The van der Waals surface area contributed by atoms with E-state index in [1.807, 2.05) is 18.2 Å². The van der Waals surface area contributed by atoms with Crippen LogP contribution in [0, 0.1) is 0 Å². The first kappa shape index (κ1) is 11.1. The minimum atomic E-state index is 0.208. The van der Waals surface area contributed by atoms with Gasteiger partial charge < -0.3 is 9.47 Å². The molecule has 0 radical (unpaired) electrons. The summed E-state index contributed by atoms with van der Waals surface area (Å²) in [6, 6.07) is 5.66. The highest BCUT2D eigenvalue weighted by molar-refractivity contribution is 9.10. The van der Waals surface area contributed by atoms with E-state index in [2.05, 4.69) is 26.0 Å². The van der Waals surface area contributed by atoms with Crippen molar-refractivity contribution in [1.82, 2.24) is 14.8 Å². The second-order valence-electron chi connectivity index (χ2n) is 3.01. The molecule has 5 nitrogen and oxygen atoms in total. The summed E-state index contributed by atoms with van der Waals surface area (Å²) < 4.78 is 12.8. The van der Waals surface area contributed by atoms with Gasteiger partial charge in [-0.25, -0.2) is 9.67 Å². The van der Waals surface area contributed by atoms with Crippen LogP contribution in [0.2, 0.25) is 0 Å². The Hall–Kier alpha value is -1.40. The minimum Gasteiger partial charge on any atom is -0.466 e. The van der Waals surface area contributed by atoms with Crippen LogP contribution in [0.15, 0.2) is 35.3 Å². The first-order valence-electron chi connectivity index (χ1n) is 4.57. The fourth-order valence-electron chi connectivity index (χ4n) is 1.21. The third kappa shape index (κ3) is 2.40. The molecular formula is C10H10BrN3O2. The molecule has 0 saturated carbocycles. The third-order valence-corrected chi connectivity index (χ3v) is 2.59. The highest BCUT2D eigenvalue weighted by Gasteiger charge is 2.04. The number of hydrogen-bond donors (Lipinski definition) is 0. The van der Waals surface area contributed by atoms with Gasteiger partial charge in [-0.05, 0) is 28.1 Å². The van der Waals surface area contributed by atoms with E-state index in [4.69, 9.17) is 9.47 Å². The molecule has 84 valence electrons. The van der Waals surface area contributed by atoms with Crippen LogP contribution >= 0.6 is 15.9 Å². The number of hydrogen-bond acceptors (Lipinski definition) is 4. The first-order valence-corrected chi connectivity index (χ1v) is 5.37. The van der Waals surface area contributed by atoms with Crippen molar-refractivity contribution in [2.75, 3.05) is 13.9 Å². The molecule has 6 heteroatoms. The zero-order valence-electron chi connectivity index (χ0n) is 8.63. The first-order chi connectivity index (χ1) is 7.81. The van der Waals surface area contributed by atoms with Crippen molar-refractivity contribution in [3.8, 4) is 11.4 Å². The second kappa shape index (κ2) is 5.09. The van der Waals surface area contributed by atoms with Gasteiger partial charge in [0.1, 0.15) is 18.4 Å². The highest BCUT2D eigenvalue weighted by atomic mass is 79.9. The Labute approximate surface area is 101 Å². The number of ether oxygens (including phenoxy) is 2. The Morgan fingerprint density at radius 1 is 1.44 bits per heavy atom. The molecule has 2 rings (SSSR count). The summed E-state index contributed by atoms with van der Waals surface area (Å²) >= 11 is 3.40. The van der Waals surface area contributed by atoms with Gasteiger partial charge in [0.15, 0.2) is 6.79 Å². The molecule has 16 heavy (non-hydrogen) atoms. The van der Waals surface area contributed by atoms with Crippen molar-refractivity contribution in [3.63, 3.8) is 0 Å². The molecule has 0 atom stereocenters. The molecule has 0 N–H and O–H groups in total. The van der Waals surface area contributed by atoms with Gasteiger partial charge in [-0.15, -0.1) is 0 Å². The van der Waals surface area contributed by atoms with E-state index in [0.717, 1.165) is 10.2 Å². The maximum atomic E-state index is 5.39. The van der Waals surface area contributed by atoms with Crippen molar-refractivity contribution >= 4 is 15.9 Å². The molecule has 0 aliphatic carbocycles. The lowest BCUT2D eigenvalue weighted by atomic mass is 10.3. The molecule has 0 bridgehead atoms. The number of methoxy groups -OCH3 is 1. The van der Waals surface area contributed by atoms with E-state index < -0.39 is 0 Å². The molecule has 0 spiro atoms. The van der Waals surface area contributed by atoms with Gasteiger partial charge in [-0.2, -0.15) is 5.10 Å². The number of halogens is 1. The fraction of sp³-hybridized carbons (Fsp3) is 0.200. The molecule has 2 aromatic rings. The summed E-state index contributed by atoms with van der Waals surface area (Å²) in [7, 11) is 1.58. The van der Waals surface area contributed by atoms with Gasteiger partial charge in [0.2, 0.25) is 0 Å². The van der Waals surface area contributed by atoms with Gasteiger partial charge in [0.25, 0.3) is 0 Å². The highest BCUT2D eigenvalue weighted by Crippen LogP contribution is 2.27. The zero-order valence-corrected chi connectivity index (χ0v) is 10.2. The number of benzene rings is 1. The Morgan fingerprint density at radius 2 is 2.31 bits per heavy atom. The fourth-order valence-corrected chi connectivity index (χ4v) is 1.57. The summed E-state index contributed by atoms with van der Waals surface area (Å²) in [5, 5.41) is 4.04. The lowest BCUT2D eigenvalue weighted by Gasteiger charge is -2.08. The monoisotopic (exact) mass is 283 g/mol. The van der Waals surface area contributed by atoms with Crippen molar-refractivity contribution in [1.29, 1.82) is 0 Å². The Morgan fingerprint density at radius 3 is 3.00 bits per heavy atom. The quantitative estimate of drug-likeness (QED) is 0.806. The molecule has 0 saturated heterocycles. The summed E-state index contributed by atoms with van der Waals surface area (Å²) in [6.07, 6.45) is 3.11. The summed E-state index contributed by atoms with van der Waals surface area (Å²) in [5.74, 6) is 0.704. The predicted octanol–water partition coefficient (Wildman–Crippen LogP) is 2.01. The van der Waals surface area contributed by atoms with Crippen molar-refractivity contribution in [2.45, 2.75) is 0 Å². The smallest absolute Gasteiger partial charge is 0.188 e. The van der Waals surface area contributed by atoms with Gasteiger partial charge in [-0.3, -0.25) is 0 Å². The lowest BCUT2D eigenvalue weighted by Crippen LogP contribution is -2.01. The zero-order chi connectivity index (χ0) is 11.4. The number of rotatable bonds is 4. The van der Waals surface area contributed by atoms with E-state index in [-0.39, 0.29) is 6.79 Å². The van der Waals surface area contributed by atoms with Crippen molar-refractivity contribution in [2.24, 2.45) is 0 Å². The Kier molecular flexibility index (Phi) is 3.53. The molecule has 0 amide bonds. The number of nitrogens with zero attached hydrogens (tertiary/aromatic N) is 3. The molecule has 0 aliphatic rings. The minimum absolute atomic E-state index is 0.208. The molecule has 1 heterocycles. The standard InChI is InChI=1S/C10H10BrN3O2/c1-15-7-16-10-4-8(2-3-9(10)11)14-6-12-5-13-14/h2-6H,7H2,1H3. The van der Waals surface area contributed by atoms with Crippen LogP contribution in [-0.4, -0.2) is 28.7 Å². The van der Waals surface area contributed by atoms with E-state index in [0.29, 0.717) is 5.75 Å². The van der Waals surface area contributed by atoms with Crippen LogP contribution in [-0.2, 0) is 4.74 Å². The van der Waals surface area contributed by atoms with Crippen LogP contribution in [0.5, 0.6) is 5.75 Å². The van der Waals surface area contributed by atoms with Crippen LogP contribution in [0.4, 0.5) is 0 Å². The number of aromatic nitrogens is 3. The van der Waals surface area contributed by atoms with Crippen molar-refractivity contribution in [3.05, 3.63) is 35.3 Å². The van der Waals surface area contributed by atoms with Crippen molar-refractivity contribution < 1.29 is 9.47 Å². The largest absolute Gasteiger partial charge is 0.466 e. The van der Waals surface area contributed by atoms with Crippen LogP contribution in [0.1, 0.15) is 0 Å². The van der Waals surface area contributed by atoms with Crippen LogP contribution in [0.3, 0.4) is 0 Å². The summed E-state index contributed by atoms with van der Waals surface area (Å²) in [5.41, 5.74) is 0.881. The van der Waals surface area contributed by atoms with E-state index in [1.165, 1.54) is 6.33 Å². The van der Waals surface area contributed by atoms with E-state index in [1.54, 1.807) is 18.1 Å². The predicted molar refractivity (Wildman–Crippen MR) is 61.6 cm³/mol. The maximum absolute atomic E-state index is 5.39. The molecule has 0 fully saturated rings.